The van der Waals surface area contributed by atoms with Crippen LogP contribution in [0.15, 0.2) is 96.5 Å². The molecule has 13 nitrogen and oxygen atoms in total. The standard InChI is InChI=1S/C54H57F3N6O7S2/c1-33-47(72-32-59-33)37-12-9-34(10-13-37)11-24-45(65)44-28-41(64)30-61(44)49(67)48(52(2,3)4)60-46(66)31-69-25-7-8-26-70-42-22-17-36(18-23-42)35-14-19-39(20-15-35)63-51(71)62(50(68)53(63,5)6)40-21-16-38(29-58)43(27-40)54(55,56)57/h9-10,12-23,27,32,41,44,48,64H,7-8,11,24-26,28,30-31H2,1-6H3,(H,60,66)/t41-,44+,48-/m1/s1. The first-order chi connectivity index (χ1) is 34.1. The quantitative estimate of drug-likeness (QED) is 0.0635. The average molecular weight is 1020 g/mol. The maximum Gasteiger partial charge on any atom is 0.417 e. The van der Waals surface area contributed by atoms with Crippen LogP contribution in [0.25, 0.3) is 21.6 Å². The number of carbonyl (C=O) groups is 4. The van der Waals surface area contributed by atoms with Gasteiger partial charge in [0.25, 0.3) is 5.91 Å². The lowest BCUT2D eigenvalue weighted by Crippen LogP contribution is -2.57. The molecule has 72 heavy (non-hydrogen) atoms. The molecule has 5 aromatic rings. The number of amides is 3. The minimum absolute atomic E-state index is 0.00441. The molecular formula is C54H57F3N6O7S2. The molecule has 0 spiro atoms. The van der Waals surface area contributed by atoms with Gasteiger partial charge in [0.2, 0.25) is 11.8 Å². The number of ether oxygens (including phenoxy) is 2. The molecule has 3 heterocycles. The number of alkyl halides is 3. The van der Waals surface area contributed by atoms with Crippen LogP contribution in [-0.4, -0.2) is 93.7 Å². The van der Waals surface area contributed by atoms with Gasteiger partial charge >= 0.3 is 6.18 Å². The Labute approximate surface area is 426 Å². The number of aliphatic hydroxyl groups is 1. The number of β-amino-alcohol motifs (C(OH)–C–C–N with tert-alkyl or cyclic N) is 1. The van der Waals surface area contributed by atoms with Gasteiger partial charge in [-0.3, -0.25) is 24.1 Å². The van der Waals surface area contributed by atoms with Crippen LogP contribution in [0, 0.1) is 23.7 Å². The number of nitriles is 1. The number of anilines is 2. The first kappa shape index (κ1) is 53.3. The van der Waals surface area contributed by atoms with Gasteiger partial charge in [0.05, 0.1) is 57.7 Å². The Balaban J connectivity index is 0.841. The van der Waals surface area contributed by atoms with Crippen molar-refractivity contribution in [3.8, 4) is 33.4 Å². The molecule has 0 radical (unpaired) electrons. The van der Waals surface area contributed by atoms with E-state index >= 15 is 0 Å². The summed E-state index contributed by atoms with van der Waals surface area (Å²) in [7, 11) is 0. The molecule has 3 amide bonds. The fraction of sp³-hybridized carbons (Fsp3) is 0.389. The number of nitrogens with one attached hydrogen (secondary N) is 1. The van der Waals surface area contributed by atoms with Gasteiger partial charge in [0.1, 0.15) is 23.9 Å². The highest BCUT2D eigenvalue weighted by Gasteiger charge is 2.51. The zero-order chi connectivity index (χ0) is 52.1. The van der Waals surface area contributed by atoms with Crippen LogP contribution in [0.5, 0.6) is 5.75 Å². The molecule has 0 aliphatic carbocycles. The van der Waals surface area contributed by atoms with E-state index in [2.05, 4.69) is 10.3 Å². The van der Waals surface area contributed by atoms with E-state index in [0.29, 0.717) is 37.3 Å². The number of nitrogens with zero attached hydrogens (tertiary/aromatic N) is 5. The molecule has 2 aliphatic heterocycles. The SMILES string of the molecule is Cc1ncsc1-c1ccc(CCC(=O)[C@@H]2C[C@@H](O)CN2C(=O)[C@@H](NC(=O)COCCCCOc2ccc(-c3ccc(N4C(=S)N(c5ccc(C#N)c(C(F)(F)F)c5)C(=O)C4(C)C)cc3)cc2)C(C)(C)C)cc1. The van der Waals surface area contributed by atoms with Crippen molar-refractivity contribution in [3.05, 3.63) is 119 Å². The van der Waals surface area contributed by atoms with Crippen molar-refractivity contribution >= 4 is 63.5 Å². The van der Waals surface area contributed by atoms with Crippen molar-refractivity contribution in [1.29, 1.82) is 5.26 Å². The number of hydrogen-bond donors (Lipinski definition) is 2. The molecule has 3 atom stereocenters. The minimum Gasteiger partial charge on any atom is -0.494 e. The average Bonchev–Trinajstić information content (AvgIpc) is 4.01. The van der Waals surface area contributed by atoms with Crippen LogP contribution in [-0.2, 0) is 36.5 Å². The zero-order valence-corrected chi connectivity index (χ0v) is 42.5. The normalized spacial score (nSPS) is 17.3. The van der Waals surface area contributed by atoms with E-state index in [1.807, 2.05) is 93.9 Å². The molecule has 1 aromatic heterocycles. The number of likely N-dealkylation sites (tertiary alicyclic amines) is 1. The highest BCUT2D eigenvalue weighted by molar-refractivity contribution is 7.81. The van der Waals surface area contributed by atoms with Gasteiger partial charge < -0.3 is 29.7 Å². The second-order valence-corrected chi connectivity index (χ2v) is 20.7. The van der Waals surface area contributed by atoms with Crippen LogP contribution >= 0.6 is 23.6 Å². The van der Waals surface area contributed by atoms with Crippen LogP contribution in [0.2, 0.25) is 0 Å². The molecule has 0 saturated carbocycles. The molecule has 2 N–H and O–H groups in total. The lowest BCUT2D eigenvalue weighted by atomic mass is 9.85. The van der Waals surface area contributed by atoms with Gasteiger partial charge in [-0.2, -0.15) is 18.4 Å². The minimum atomic E-state index is -4.80. The van der Waals surface area contributed by atoms with E-state index in [0.717, 1.165) is 49.9 Å². The van der Waals surface area contributed by atoms with Crippen LogP contribution < -0.4 is 19.9 Å². The maximum absolute atomic E-state index is 14.0. The van der Waals surface area contributed by atoms with Gasteiger partial charge in [0.15, 0.2) is 10.9 Å². The van der Waals surface area contributed by atoms with Crippen molar-refractivity contribution < 1.29 is 46.9 Å². The fourth-order valence-electron chi connectivity index (χ4n) is 8.88. The summed E-state index contributed by atoms with van der Waals surface area (Å²) >= 11 is 7.25. The van der Waals surface area contributed by atoms with Crippen molar-refractivity contribution in [3.63, 3.8) is 0 Å². The van der Waals surface area contributed by atoms with Gasteiger partial charge in [-0.25, -0.2) is 4.98 Å². The number of carbonyl (C=O) groups excluding carboxylic acids is 4. The summed E-state index contributed by atoms with van der Waals surface area (Å²) in [5.41, 5.74) is 3.43. The zero-order valence-electron chi connectivity index (χ0n) is 40.9. The first-order valence-corrected chi connectivity index (χ1v) is 24.9. The number of hydrogen-bond acceptors (Lipinski definition) is 11. The molecular weight excluding hydrogens is 966 g/mol. The monoisotopic (exact) mass is 1020 g/mol. The third-order valence-electron chi connectivity index (χ3n) is 12.8. The summed E-state index contributed by atoms with van der Waals surface area (Å²) < 4.78 is 52.9. The Morgan fingerprint density at radius 1 is 0.944 bits per heavy atom. The van der Waals surface area contributed by atoms with E-state index in [4.69, 9.17) is 21.7 Å². The number of aliphatic hydroxyl groups excluding tert-OH is 1. The third kappa shape index (κ3) is 12.0. The number of ketones is 1. The molecule has 4 aromatic carbocycles. The summed E-state index contributed by atoms with van der Waals surface area (Å²) in [6, 6.07) is 25.7. The Kier molecular flexibility index (Phi) is 16.3. The largest absolute Gasteiger partial charge is 0.494 e. The number of thiazole rings is 1. The van der Waals surface area contributed by atoms with E-state index in [1.165, 1.54) is 11.0 Å². The molecule has 0 bridgehead atoms. The molecule has 2 fully saturated rings. The smallest absolute Gasteiger partial charge is 0.417 e. The Morgan fingerprint density at radius 2 is 1.57 bits per heavy atom. The van der Waals surface area contributed by atoms with Crippen molar-refractivity contribution in [2.45, 2.75) is 104 Å². The van der Waals surface area contributed by atoms with Crippen molar-refractivity contribution in [1.82, 2.24) is 15.2 Å². The molecule has 378 valence electrons. The lowest BCUT2D eigenvalue weighted by molar-refractivity contribution is -0.144. The Hall–Kier alpha value is -6.52. The summed E-state index contributed by atoms with van der Waals surface area (Å²) in [6.07, 6.45) is -3.58. The van der Waals surface area contributed by atoms with Crippen LogP contribution in [0.4, 0.5) is 24.5 Å². The number of aromatic nitrogens is 1. The third-order valence-corrected chi connectivity index (χ3v) is 14.2. The van der Waals surface area contributed by atoms with Crippen LogP contribution in [0.3, 0.4) is 0 Å². The summed E-state index contributed by atoms with van der Waals surface area (Å²) in [5, 5.41) is 22.7. The van der Waals surface area contributed by atoms with E-state index < -0.39 is 64.2 Å². The van der Waals surface area contributed by atoms with Gasteiger partial charge in [0, 0.05) is 31.7 Å². The summed E-state index contributed by atoms with van der Waals surface area (Å²) in [6.45, 7) is 11.2. The summed E-state index contributed by atoms with van der Waals surface area (Å²) in [4.78, 5) is 63.8. The molecule has 0 unspecified atom stereocenters. The van der Waals surface area contributed by atoms with E-state index in [1.54, 1.807) is 48.3 Å². The number of benzene rings is 4. The summed E-state index contributed by atoms with van der Waals surface area (Å²) in [5.74, 6) is -0.894. The first-order valence-electron chi connectivity index (χ1n) is 23.6. The van der Waals surface area contributed by atoms with Gasteiger partial charge in [-0.15, -0.1) is 11.3 Å². The van der Waals surface area contributed by atoms with Gasteiger partial charge in [-0.05, 0) is 122 Å². The lowest BCUT2D eigenvalue weighted by Gasteiger charge is -2.35. The molecule has 2 saturated heterocycles. The molecule has 18 heteroatoms. The topological polar surface area (TPSA) is 165 Å². The predicted octanol–water partition coefficient (Wildman–Crippen LogP) is 9.46. The fourth-order valence-corrected chi connectivity index (χ4v) is 10.2. The number of Topliss-reactive ketones (excluding diaryl/α,β-unsaturated/α-hetero) is 1. The van der Waals surface area contributed by atoms with Crippen molar-refractivity contribution in [2.24, 2.45) is 5.41 Å². The molecule has 2 aliphatic rings. The Bertz CT molecular complexity index is 2840. The number of aryl methyl sites for hydroxylation is 2. The number of halogens is 3. The highest BCUT2D eigenvalue weighted by atomic mass is 32.1. The van der Waals surface area contributed by atoms with Gasteiger partial charge in [-0.1, -0.05) is 69.3 Å². The predicted molar refractivity (Wildman–Crippen MR) is 273 cm³/mol. The van der Waals surface area contributed by atoms with Crippen LogP contribution in [0.1, 0.15) is 82.7 Å². The Morgan fingerprint density at radius 3 is 2.18 bits per heavy atom. The van der Waals surface area contributed by atoms with E-state index in [9.17, 15) is 42.7 Å². The number of rotatable bonds is 18. The number of thiocarbonyl (C=S) groups is 1. The second kappa shape index (κ2) is 22.1. The van der Waals surface area contributed by atoms with Crippen molar-refractivity contribution in [2.75, 3.05) is 36.2 Å². The molecule has 7 rings (SSSR count). The van der Waals surface area contributed by atoms with E-state index in [-0.39, 0.29) is 49.2 Å². The maximum atomic E-state index is 14.0. The highest BCUT2D eigenvalue weighted by Crippen LogP contribution is 2.40. The number of unbranched alkanes of at least 4 members (excludes halogenated alkanes) is 1. The second-order valence-electron chi connectivity index (χ2n) is 19.5.